The van der Waals surface area contributed by atoms with E-state index in [0.717, 1.165) is 45.2 Å². The van der Waals surface area contributed by atoms with Crippen LogP contribution in [0.4, 0.5) is 0 Å². The van der Waals surface area contributed by atoms with Gasteiger partial charge in [0.25, 0.3) is 0 Å². The number of hydrogen-bond acceptors (Lipinski definition) is 2. The van der Waals surface area contributed by atoms with Crippen LogP contribution in [0.3, 0.4) is 0 Å². The molecule has 1 N–H and O–H groups in total. The number of rotatable bonds is 7. The van der Waals surface area contributed by atoms with Crippen molar-refractivity contribution in [1.82, 2.24) is 10.2 Å². The lowest BCUT2D eigenvalue weighted by atomic mass is 10.1. The SMILES string of the molecule is CC(C)CCC(=O)NCCCN1CCCCCC1=O. The Morgan fingerprint density at radius 3 is 2.84 bits per heavy atom. The number of amides is 2. The predicted octanol–water partition coefficient (Wildman–Crippen LogP) is 2.33. The minimum Gasteiger partial charge on any atom is -0.356 e. The van der Waals surface area contributed by atoms with Crippen molar-refractivity contribution in [3.63, 3.8) is 0 Å². The highest BCUT2D eigenvalue weighted by molar-refractivity contribution is 5.76. The zero-order valence-electron chi connectivity index (χ0n) is 12.4. The number of nitrogens with one attached hydrogen (secondary N) is 1. The fraction of sp³-hybridized carbons (Fsp3) is 0.867. The second-order valence-electron chi connectivity index (χ2n) is 5.83. The highest BCUT2D eigenvalue weighted by Crippen LogP contribution is 2.11. The Labute approximate surface area is 116 Å². The number of nitrogens with zero attached hydrogens (tertiary/aromatic N) is 1. The highest BCUT2D eigenvalue weighted by Gasteiger charge is 2.15. The molecular weight excluding hydrogens is 240 g/mol. The van der Waals surface area contributed by atoms with E-state index in [1.165, 1.54) is 0 Å². The van der Waals surface area contributed by atoms with Gasteiger partial charge in [0.2, 0.25) is 11.8 Å². The van der Waals surface area contributed by atoms with Crippen LogP contribution in [-0.4, -0.2) is 36.3 Å². The maximum absolute atomic E-state index is 11.8. The van der Waals surface area contributed by atoms with Gasteiger partial charge in [-0.15, -0.1) is 0 Å². The molecule has 0 aliphatic carbocycles. The van der Waals surface area contributed by atoms with E-state index in [4.69, 9.17) is 0 Å². The van der Waals surface area contributed by atoms with Crippen molar-refractivity contribution in [3.8, 4) is 0 Å². The summed E-state index contributed by atoms with van der Waals surface area (Å²) in [4.78, 5) is 25.2. The van der Waals surface area contributed by atoms with Gasteiger partial charge in [-0.2, -0.15) is 0 Å². The molecule has 1 fully saturated rings. The van der Waals surface area contributed by atoms with Gasteiger partial charge in [-0.25, -0.2) is 0 Å². The number of likely N-dealkylation sites (tertiary alicyclic amines) is 1. The molecule has 0 unspecified atom stereocenters. The lowest BCUT2D eigenvalue weighted by Crippen LogP contribution is -2.34. The maximum atomic E-state index is 11.8. The van der Waals surface area contributed by atoms with Crippen LogP contribution in [0.1, 0.15) is 58.8 Å². The van der Waals surface area contributed by atoms with Gasteiger partial charge in [0.15, 0.2) is 0 Å². The Balaban J connectivity index is 2.09. The molecule has 0 saturated carbocycles. The van der Waals surface area contributed by atoms with E-state index in [2.05, 4.69) is 19.2 Å². The molecule has 0 atom stereocenters. The van der Waals surface area contributed by atoms with Gasteiger partial charge in [0, 0.05) is 32.5 Å². The molecule has 4 nitrogen and oxygen atoms in total. The topological polar surface area (TPSA) is 49.4 Å². The molecule has 1 heterocycles. The Morgan fingerprint density at radius 1 is 1.32 bits per heavy atom. The van der Waals surface area contributed by atoms with Gasteiger partial charge in [-0.3, -0.25) is 9.59 Å². The fourth-order valence-corrected chi connectivity index (χ4v) is 2.28. The summed E-state index contributed by atoms with van der Waals surface area (Å²) in [7, 11) is 0. The minimum atomic E-state index is 0.135. The molecule has 4 heteroatoms. The summed E-state index contributed by atoms with van der Waals surface area (Å²) >= 11 is 0. The molecule has 0 spiro atoms. The van der Waals surface area contributed by atoms with Crippen molar-refractivity contribution in [2.45, 2.75) is 58.8 Å². The number of carbonyl (C=O) groups is 2. The first kappa shape index (κ1) is 16.0. The van der Waals surface area contributed by atoms with Crippen LogP contribution < -0.4 is 5.32 Å². The van der Waals surface area contributed by atoms with Crippen LogP contribution in [0.5, 0.6) is 0 Å². The van der Waals surface area contributed by atoms with E-state index in [9.17, 15) is 9.59 Å². The van der Waals surface area contributed by atoms with E-state index in [-0.39, 0.29) is 11.8 Å². The summed E-state index contributed by atoms with van der Waals surface area (Å²) in [5.74, 6) is 0.986. The van der Waals surface area contributed by atoms with Gasteiger partial charge < -0.3 is 10.2 Å². The first-order valence-electron chi connectivity index (χ1n) is 7.64. The van der Waals surface area contributed by atoms with Crippen LogP contribution in [-0.2, 0) is 9.59 Å². The molecule has 0 aromatic carbocycles. The largest absolute Gasteiger partial charge is 0.356 e. The molecular formula is C15H28N2O2. The summed E-state index contributed by atoms with van der Waals surface area (Å²) < 4.78 is 0. The van der Waals surface area contributed by atoms with Crippen LogP contribution in [0.15, 0.2) is 0 Å². The summed E-state index contributed by atoms with van der Waals surface area (Å²) in [5.41, 5.74) is 0. The standard InChI is InChI=1S/C15H28N2O2/c1-13(2)8-9-14(18)16-10-6-12-17-11-5-3-4-7-15(17)19/h13H,3-12H2,1-2H3,(H,16,18). The molecule has 1 rings (SSSR count). The molecule has 110 valence electrons. The van der Waals surface area contributed by atoms with Crippen molar-refractivity contribution in [3.05, 3.63) is 0 Å². The first-order valence-corrected chi connectivity index (χ1v) is 7.64. The minimum absolute atomic E-state index is 0.135. The Bertz CT molecular complexity index is 290. The Morgan fingerprint density at radius 2 is 2.11 bits per heavy atom. The smallest absolute Gasteiger partial charge is 0.222 e. The maximum Gasteiger partial charge on any atom is 0.222 e. The third-order valence-electron chi connectivity index (χ3n) is 3.55. The van der Waals surface area contributed by atoms with E-state index < -0.39 is 0 Å². The summed E-state index contributed by atoms with van der Waals surface area (Å²) in [5, 5.41) is 2.93. The van der Waals surface area contributed by atoms with Gasteiger partial charge in [0.1, 0.15) is 0 Å². The van der Waals surface area contributed by atoms with Gasteiger partial charge in [-0.1, -0.05) is 20.3 Å². The van der Waals surface area contributed by atoms with Crippen molar-refractivity contribution >= 4 is 11.8 Å². The summed E-state index contributed by atoms with van der Waals surface area (Å²) in [6, 6.07) is 0. The van der Waals surface area contributed by atoms with E-state index in [1.54, 1.807) is 0 Å². The molecule has 0 radical (unpaired) electrons. The third kappa shape index (κ3) is 7.19. The number of carbonyl (C=O) groups excluding carboxylic acids is 2. The van der Waals surface area contributed by atoms with Crippen LogP contribution in [0, 0.1) is 5.92 Å². The zero-order chi connectivity index (χ0) is 14.1. The van der Waals surface area contributed by atoms with E-state index in [1.807, 2.05) is 4.90 Å². The van der Waals surface area contributed by atoms with Crippen molar-refractivity contribution in [2.75, 3.05) is 19.6 Å². The van der Waals surface area contributed by atoms with Gasteiger partial charge in [0.05, 0.1) is 0 Å². The van der Waals surface area contributed by atoms with E-state index in [0.29, 0.717) is 25.3 Å². The van der Waals surface area contributed by atoms with Crippen molar-refractivity contribution < 1.29 is 9.59 Å². The summed E-state index contributed by atoms with van der Waals surface area (Å²) in [6.45, 7) is 6.60. The van der Waals surface area contributed by atoms with Crippen LogP contribution in [0.2, 0.25) is 0 Å². The average molecular weight is 268 g/mol. The molecule has 0 bridgehead atoms. The van der Waals surface area contributed by atoms with Crippen molar-refractivity contribution in [2.24, 2.45) is 5.92 Å². The Kier molecular flexibility index (Phi) is 7.53. The lowest BCUT2D eigenvalue weighted by Gasteiger charge is -2.20. The molecule has 0 aromatic rings. The third-order valence-corrected chi connectivity index (χ3v) is 3.55. The molecule has 1 saturated heterocycles. The molecule has 1 aliphatic heterocycles. The highest BCUT2D eigenvalue weighted by atomic mass is 16.2. The molecule has 1 aliphatic rings. The quantitative estimate of drug-likeness (QED) is 0.720. The average Bonchev–Trinajstić information content (AvgIpc) is 2.57. The normalized spacial score (nSPS) is 16.6. The first-order chi connectivity index (χ1) is 9.09. The molecule has 19 heavy (non-hydrogen) atoms. The van der Waals surface area contributed by atoms with Gasteiger partial charge >= 0.3 is 0 Å². The fourth-order valence-electron chi connectivity index (χ4n) is 2.28. The monoisotopic (exact) mass is 268 g/mol. The second-order valence-corrected chi connectivity index (χ2v) is 5.83. The molecule has 0 aromatic heterocycles. The van der Waals surface area contributed by atoms with E-state index >= 15 is 0 Å². The second kappa shape index (κ2) is 8.94. The number of hydrogen-bond donors (Lipinski definition) is 1. The summed E-state index contributed by atoms with van der Waals surface area (Å²) in [6.07, 6.45) is 6.42. The van der Waals surface area contributed by atoms with Crippen LogP contribution >= 0.6 is 0 Å². The Hall–Kier alpha value is -1.06. The van der Waals surface area contributed by atoms with Crippen LogP contribution in [0.25, 0.3) is 0 Å². The zero-order valence-corrected chi connectivity index (χ0v) is 12.4. The van der Waals surface area contributed by atoms with Crippen molar-refractivity contribution in [1.29, 1.82) is 0 Å². The predicted molar refractivity (Wildman–Crippen MR) is 76.7 cm³/mol. The molecule has 2 amide bonds. The van der Waals surface area contributed by atoms with Gasteiger partial charge in [-0.05, 0) is 31.6 Å². The lowest BCUT2D eigenvalue weighted by molar-refractivity contribution is -0.130.